The van der Waals surface area contributed by atoms with Crippen molar-refractivity contribution < 1.29 is 14.2 Å². The maximum atomic E-state index is 14.0. The Morgan fingerprint density at radius 3 is 3.00 bits per heavy atom. The van der Waals surface area contributed by atoms with Crippen LogP contribution in [-0.4, -0.2) is 31.9 Å². The van der Waals surface area contributed by atoms with E-state index in [4.69, 9.17) is 4.74 Å². The number of benzene rings is 1. The highest BCUT2D eigenvalue weighted by Gasteiger charge is 2.27. The SMILES string of the molecule is COCC1CCN(c2c(F)cccc2[C@@H](C)O)C1. The predicted molar refractivity (Wildman–Crippen MR) is 69.2 cm³/mol. The minimum Gasteiger partial charge on any atom is -0.389 e. The van der Waals surface area contributed by atoms with Crippen LogP contribution in [0.2, 0.25) is 0 Å². The van der Waals surface area contributed by atoms with Crippen LogP contribution in [0.1, 0.15) is 25.0 Å². The van der Waals surface area contributed by atoms with E-state index >= 15 is 0 Å². The average molecular weight is 253 g/mol. The van der Waals surface area contributed by atoms with Gasteiger partial charge in [0, 0.05) is 31.7 Å². The summed E-state index contributed by atoms with van der Waals surface area (Å²) < 4.78 is 19.1. The lowest BCUT2D eigenvalue weighted by molar-refractivity contribution is 0.160. The molecular weight excluding hydrogens is 233 g/mol. The first-order valence-corrected chi connectivity index (χ1v) is 6.33. The van der Waals surface area contributed by atoms with E-state index in [-0.39, 0.29) is 5.82 Å². The maximum Gasteiger partial charge on any atom is 0.146 e. The van der Waals surface area contributed by atoms with Gasteiger partial charge in [0.05, 0.1) is 18.4 Å². The van der Waals surface area contributed by atoms with E-state index in [0.717, 1.165) is 19.5 Å². The Morgan fingerprint density at radius 2 is 2.33 bits per heavy atom. The molecule has 2 atom stereocenters. The fourth-order valence-corrected chi connectivity index (χ4v) is 2.61. The van der Waals surface area contributed by atoms with Gasteiger partial charge in [0.15, 0.2) is 0 Å². The Morgan fingerprint density at radius 1 is 1.56 bits per heavy atom. The van der Waals surface area contributed by atoms with Crippen molar-refractivity contribution in [2.24, 2.45) is 5.92 Å². The fourth-order valence-electron chi connectivity index (χ4n) is 2.61. The minimum atomic E-state index is -0.655. The molecule has 0 bridgehead atoms. The van der Waals surface area contributed by atoms with Crippen LogP contribution >= 0.6 is 0 Å². The first-order valence-electron chi connectivity index (χ1n) is 6.33. The van der Waals surface area contributed by atoms with Gasteiger partial charge in [-0.3, -0.25) is 0 Å². The highest BCUT2D eigenvalue weighted by atomic mass is 19.1. The monoisotopic (exact) mass is 253 g/mol. The zero-order valence-corrected chi connectivity index (χ0v) is 10.9. The molecule has 0 aromatic heterocycles. The van der Waals surface area contributed by atoms with E-state index in [1.807, 2.05) is 4.90 Å². The van der Waals surface area contributed by atoms with Crippen molar-refractivity contribution in [1.82, 2.24) is 0 Å². The third-order valence-corrected chi connectivity index (χ3v) is 3.47. The van der Waals surface area contributed by atoms with Crippen LogP contribution in [0.3, 0.4) is 0 Å². The molecule has 100 valence electrons. The molecule has 18 heavy (non-hydrogen) atoms. The number of para-hydroxylation sites is 1. The summed E-state index contributed by atoms with van der Waals surface area (Å²) in [6, 6.07) is 4.88. The van der Waals surface area contributed by atoms with E-state index in [2.05, 4.69) is 0 Å². The second-order valence-corrected chi connectivity index (χ2v) is 4.91. The number of rotatable bonds is 4. The summed E-state index contributed by atoms with van der Waals surface area (Å²) in [5, 5.41) is 9.74. The molecule has 1 aromatic carbocycles. The smallest absolute Gasteiger partial charge is 0.146 e. The van der Waals surface area contributed by atoms with Crippen molar-refractivity contribution in [2.45, 2.75) is 19.4 Å². The number of anilines is 1. The lowest BCUT2D eigenvalue weighted by atomic mass is 10.1. The number of aliphatic hydroxyl groups excluding tert-OH is 1. The zero-order chi connectivity index (χ0) is 13.1. The summed E-state index contributed by atoms with van der Waals surface area (Å²) in [5.74, 6) is 0.183. The van der Waals surface area contributed by atoms with Gasteiger partial charge in [-0.2, -0.15) is 0 Å². The van der Waals surface area contributed by atoms with E-state index in [1.54, 1.807) is 26.2 Å². The summed E-state index contributed by atoms with van der Waals surface area (Å²) >= 11 is 0. The Labute approximate surface area is 107 Å². The van der Waals surface area contributed by atoms with Gasteiger partial charge in [-0.25, -0.2) is 4.39 Å². The topological polar surface area (TPSA) is 32.7 Å². The number of aliphatic hydroxyl groups is 1. The van der Waals surface area contributed by atoms with Crippen LogP contribution in [0.5, 0.6) is 0 Å². The standard InChI is InChI=1S/C14H20FNO2/c1-10(17)12-4-3-5-13(15)14(12)16-7-6-11(8-16)9-18-2/h3-5,10-11,17H,6-9H2,1-2H3/t10-,11?/m1/s1. The molecule has 0 saturated carbocycles. The van der Waals surface area contributed by atoms with Crippen molar-refractivity contribution >= 4 is 5.69 Å². The largest absolute Gasteiger partial charge is 0.389 e. The van der Waals surface area contributed by atoms with E-state index in [1.165, 1.54) is 6.07 Å². The van der Waals surface area contributed by atoms with Crippen molar-refractivity contribution in [3.63, 3.8) is 0 Å². The lowest BCUT2D eigenvalue weighted by Gasteiger charge is -2.24. The van der Waals surface area contributed by atoms with Gasteiger partial charge in [0.25, 0.3) is 0 Å². The molecule has 1 aliphatic heterocycles. The molecular formula is C14H20FNO2. The van der Waals surface area contributed by atoms with Crippen molar-refractivity contribution in [1.29, 1.82) is 0 Å². The molecule has 0 aliphatic carbocycles. The number of hydrogen-bond acceptors (Lipinski definition) is 3. The van der Waals surface area contributed by atoms with Crippen LogP contribution in [0.15, 0.2) is 18.2 Å². The lowest BCUT2D eigenvalue weighted by Crippen LogP contribution is -2.23. The summed E-state index contributed by atoms with van der Waals surface area (Å²) in [7, 11) is 1.69. The summed E-state index contributed by atoms with van der Waals surface area (Å²) in [5.41, 5.74) is 1.21. The quantitative estimate of drug-likeness (QED) is 0.894. The first kappa shape index (κ1) is 13.3. The van der Waals surface area contributed by atoms with Gasteiger partial charge in [-0.1, -0.05) is 12.1 Å². The van der Waals surface area contributed by atoms with Crippen LogP contribution in [0, 0.1) is 11.7 Å². The Hall–Kier alpha value is -1.13. The predicted octanol–water partition coefficient (Wildman–Crippen LogP) is 2.35. The zero-order valence-electron chi connectivity index (χ0n) is 10.9. The number of nitrogens with zero attached hydrogens (tertiary/aromatic N) is 1. The normalized spacial score (nSPS) is 21.3. The van der Waals surface area contributed by atoms with Gasteiger partial charge < -0.3 is 14.7 Å². The summed E-state index contributed by atoms with van der Waals surface area (Å²) in [6.45, 7) is 3.97. The number of methoxy groups -OCH3 is 1. The molecule has 1 aromatic rings. The minimum absolute atomic E-state index is 0.258. The summed E-state index contributed by atoms with van der Waals surface area (Å²) in [4.78, 5) is 2.01. The van der Waals surface area contributed by atoms with Gasteiger partial charge >= 0.3 is 0 Å². The van der Waals surface area contributed by atoms with Crippen LogP contribution in [0.4, 0.5) is 10.1 Å². The molecule has 0 radical (unpaired) electrons. The molecule has 1 N–H and O–H groups in total. The fraction of sp³-hybridized carbons (Fsp3) is 0.571. The van der Waals surface area contributed by atoms with Gasteiger partial charge in [0.1, 0.15) is 5.82 Å². The average Bonchev–Trinajstić information content (AvgIpc) is 2.77. The highest BCUT2D eigenvalue weighted by molar-refractivity contribution is 5.56. The van der Waals surface area contributed by atoms with Gasteiger partial charge in [-0.05, 0) is 19.4 Å². The maximum absolute atomic E-state index is 14.0. The highest BCUT2D eigenvalue weighted by Crippen LogP contribution is 2.33. The first-order chi connectivity index (χ1) is 8.63. The molecule has 0 amide bonds. The summed E-state index contributed by atoms with van der Waals surface area (Å²) in [6.07, 6.45) is 0.346. The number of hydrogen-bond donors (Lipinski definition) is 1. The Bertz CT molecular complexity index is 409. The second-order valence-electron chi connectivity index (χ2n) is 4.91. The molecule has 1 fully saturated rings. The molecule has 1 heterocycles. The molecule has 1 unspecified atom stereocenters. The Balaban J connectivity index is 2.23. The third kappa shape index (κ3) is 2.65. The van der Waals surface area contributed by atoms with Crippen molar-refractivity contribution in [3.8, 4) is 0 Å². The second kappa shape index (κ2) is 5.67. The molecule has 4 heteroatoms. The van der Waals surface area contributed by atoms with Gasteiger partial charge in [0.2, 0.25) is 0 Å². The van der Waals surface area contributed by atoms with Crippen molar-refractivity contribution in [3.05, 3.63) is 29.6 Å². The molecule has 2 rings (SSSR count). The van der Waals surface area contributed by atoms with Crippen LogP contribution < -0.4 is 4.90 Å². The van der Waals surface area contributed by atoms with E-state index in [0.29, 0.717) is 23.8 Å². The van der Waals surface area contributed by atoms with Crippen LogP contribution in [-0.2, 0) is 4.74 Å². The Kier molecular flexibility index (Phi) is 4.19. The van der Waals surface area contributed by atoms with Gasteiger partial charge in [-0.15, -0.1) is 0 Å². The number of ether oxygens (including phenoxy) is 1. The van der Waals surface area contributed by atoms with E-state index in [9.17, 15) is 9.50 Å². The molecule has 1 aliphatic rings. The molecule has 0 spiro atoms. The molecule has 1 saturated heterocycles. The van der Waals surface area contributed by atoms with E-state index < -0.39 is 6.10 Å². The van der Waals surface area contributed by atoms with Crippen molar-refractivity contribution in [2.75, 3.05) is 31.7 Å². The molecule has 3 nitrogen and oxygen atoms in total. The third-order valence-electron chi connectivity index (χ3n) is 3.47. The number of halogens is 1. The van der Waals surface area contributed by atoms with Crippen LogP contribution in [0.25, 0.3) is 0 Å².